The second-order valence-corrected chi connectivity index (χ2v) is 7.13. The van der Waals surface area contributed by atoms with E-state index in [4.69, 9.17) is 0 Å². The molecule has 0 bridgehead atoms. The molecular weight excluding hydrogens is 294 g/mol. The number of rotatable bonds is 6. The summed E-state index contributed by atoms with van der Waals surface area (Å²) >= 11 is 1.79. The predicted octanol–water partition coefficient (Wildman–Crippen LogP) is 1.47. The van der Waals surface area contributed by atoms with Gasteiger partial charge in [-0.05, 0) is 37.9 Å². The third-order valence-corrected chi connectivity index (χ3v) is 5.46. The molecule has 1 aromatic carbocycles. The minimum absolute atomic E-state index is 0.0130. The lowest BCUT2D eigenvalue weighted by Gasteiger charge is -2.28. The number of hydrogen-bond donors (Lipinski definition) is 2. The Balaban J connectivity index is 1.57. The summed E-state index contributed by atoms with van der Waals surface area (Å²) in [6, 6.07) is 11.0. The van der Waals surface area contributed by atoms with Crippen LogP contribution in [0.3, 0.4) is 0 Å². The molecule has 0 aromatic heterocycles. The Hall–Kier alpha value is -1.04. The van der Waals surface area contributed by atoms with Crippen molar-refractivity contribution in [1.29, 1.82) is 0 Å². The van der Waals surface area contributed by atoms with Gasteiger partial charge in [-0.25, -0.2) is 0 Å². The zero-order valence-corrected chi connectivity index (χ0v) is 13.8. The topological polar surface area (TPSA) is 44.4 Å². The van der Waals surface area contributed by atoms with Gasteiger partial charge in [0.25, 0.3) is 0 Å². The number of benzene rings is 1. The molecular formula is C17H25N3OS. The molecule has 2 atom stereocenters. The maximum absolute atomic E-state index is 12.2. The second-order valence-electron chi connectivity index (χ2n) is 6.10. The van der Waals surface area contributed by atoms with Crippen LogP contribution in [0, 0.1) is 0 Å². The Bertz CT molecular complexity index is 470. The van der Waals surface area contributed by atoms with Crippen molar-refractivity contribution in [3.63, 3.8) is 0 Å². The summed E-state index contributed by atoms with van der Waals surface area (Å²) in [5.74, 6) is 1.93. The number of likely N-dealkylation sites (tertiary alicyclic amines) is 1. The first-order valence-corrected chi connectivity index (χ1v) is 9.35. The van der Waals surface area contributed by atoms with Crippen molar-refractivity contribution in [3.8, 4) is 0 Å². The van der Waals surface area contributed by atoms with E-state index in [2.05, 4.69) is 45.9 Å². The van der Waals surface area contributed by atoms with Crippen LogP contribution in [0.2, 0.25) is 0 Å². The first-order chi connectivity index (χ1) is 10.8. The van der Waals surface area contributed by atoms with Gasteiger partial charge >= 0.3 is 0 Å². The lowest BCUT2D eigenvalue weighted by molar-refractivity contribution is -0.122. The number of hydrogen-bond acceptors (Lipinski definition) is 4. The summed E-state index contributed by atoms with van der Waals surface area (Å²) in [5.41, 5.74) is 1.35. The minimum atomic E-state index is -0.0130. The molecule has 1 amide bonds. The van der Waals surface area contributed by atoms with Gasteiger partial charge in [-0.3, -0.25) is 15.0 Å². The van der Waals surface area contributed by atoms with Gasteiger partial charge in [0.2, 0.25) is 5.91 Å². The van der Waals surface area contributed by atoms with Crippen LogP contribution in [0.25, 0.3) is 0 Å². The molecule has 2 N–H and O–H groups in total. The van der Waals surface area contributed by atoms with E-state index in [-0.39, 0.29) is 11.9 Å². The summed E-state index contributed by atoms with van der Waals surface area (Å²) < 4.78 is 0. The Morgan fingerprint density at radius 2 is 2.09 bits per heavy atom. The third kappa shape index (κ3) is 4.24. The average Bonchev–Trinajstić information content (AvgIpc) is 3.24. The van der Waals surface area contributed by atoms with E-state index >= 15 is 0 Å². The molecule has 4 nitrogen and oxygen atoms in total. The number of carbonyl (C=O) groups is 1. The van der Waals surface area contributed by atoms with E-state index in [1.807, 2.05) is 0 Å². The first kappa shape index (κ1) is 15.8. The molecule has 2 unspecified atom stereocenters. The van der Waals surface area contributed by atoms with E-state index in [9.17, 15) is 4.79 Å². The molecule has 0 saturated carbocycles. The maximum Gasteiger partial charge on any atom is 0.238 e. The van der Waals surface area contributed by atoms with E-state index < -0.39 is 0 Å². The monoisotopic (exact) mass is 319 g/mol. The Kier molecular flexibility index (Phi) is 5.76. The van der Waals surface area contributed by atoms with Gasteiger partial charge in [-0.15, -0.1) is 11.8 Å². The highest BCUT2D eigenvalue weighted by Crippen LogP contribution is 2.16. The Morgan fingerprint density at radius 1 is 1.32 bits per heavy atom. The molecule has 1 aromatic rings. The normalized spacial score (nSPS) is 23.5. The number of carbonyl (C=O) groups excluding carboxylic acids is 1. The van der Waals surface area contributed by atoms with Crippen LogP contribution in [0.1, 0.15) is 18.4 Å². The molecule has 3 rings (SSSR count). The van der Waals surface area contributed by atoms with Crippen molar-refractivity contribution in [1.82, 2.24) is 15.5 Å². The zero-order valence-electron chi connectivity index (χ0n) is 13.0. The number of nitrogens with zero attached hydrogens (tertiary/aromatic N) is 1. The lowest BCUT2D eigenvalue weighted by Crippen LogP contribution is -2.48. The van der Waals surface area contributed by atoms with Crippen LogP contribution >= 0.6 is 11.8 Å². The van der Waals surface area contributed by atoms with Crippen molar-refractivity contribution in [3.05, 3.63) is 35.9 Å². The summed E-state index contributed by atoms with van der Waals surface area (Å²) in [7, 11) is 0. The lowest BCUT2D eigenvalue weighted by atomic mass is 10.0. The van der Waals surface area contributed by atoms with E-state index in [1.165, 1.54) is 18.4 Å². The highest BCUT2D eigenvalue weighted by Gasteiger charge is 2.26. The van der Waals surface area contributed by atoms with Crippen molar-refractivity contribution in [2.75, 3.05) is 31.3 Å². The maximum atomic E-state index is 12.2. The second kappa shape index (κ2) is 7.99. The van der Waals surface area contributed by atoms with Crippen LogP contribution in [-0.2, 0) is 11.2 Å². The fourth-order valence-corrected chi connectivity index (χ4v) is 4.17. The van der Waals surface area contributed by atoms with Gasteiger partial charge in [0, 0.05) is 24.2 Å². The Morgan fingerprint density at radius 3 is 2.77 bits per heavy atom. The van der Waals surface area contributed by atoms with Crippen molar-refractivity contribution >= 4 is 17.7 Å². The summed E-state index contributed by atoms with van der Waals surface area (Å²) in [4.78, 5) is 14.7. The molecule has 0 aliphatic carbocycles. The van der Waals surface area contributed by atoms with Gasteiger partial charge in [-0.2, -0.15) is 0 Å². The zero-order chi connectivity index (χ0) is 15.2. The third-order valence-electron chi connectivity index (χ3n) is 4.52. The smallest absolute Gasteiger partial charge is 0.238 e. The van der Waals surface area contributed by atoms with Crippen LogP contribution in [0.15, 0.2) is 30.3 Å². The fraction of sp³-hybridized carbons (Fsp3) is 0.588. The van der Waals surface area contributed by atoms with E-state index in [1.54, 1.807) is 11.8 Å². The van der Waals surface area contributed by atoms with Gasteiger partial charge in [0.15, 0.2) is 0 Å². The van der Waals surface area contributed by atoms with Gasteiger partial charge in [0.05, 0.1) is 6.04 Å². The highest BCUT2D eigenvalue weighted by atomic mass is 32.2. The first-order valence-electron chi connectivity index (χ1n) is 8.20. The highest BCUT2D eigenvalue weighted by molar-refractivity contribution is 7.99. The molecule has 22 heavy (non-hydrogen) atoms. The molecule has 0 radical (unpaired) electrons. The number of amides is 1. The van der Waals surface area contributed by atoms with Gasteiger partial charge in [0.1, 0.15) is 0 Å². The number of nitrogens with one attached hydrogen (secondary N) is 2. The molecule has 5 heteroatoms. The summed E-state index contributed by atoms with van der Waals surface area (Å²) in [6.45, 7) is 3.06. The molecule has 2 aliphatic rings. The van der Waals surface area contributed by atoms with Crippen LogP contribution in [0.4, 0.5) is 0 Å². The fourth-order valence-electron chi connectivity index (χ4n) is 3.23. The Labute approximate surface area is 137 Å². The van der Waals surface area contributed by atoms with Crippen LogP contribution in [-0.4, -0.2) is 54.2 Å². The summed E-state index contributed by atoms with van der Waals surface area (Å²) in [6.07, 6.45) is 3.56. The predicted molar refractivity (Wildman–Crippen MR) is 92.0 cm³/mol. The molecule has 2 fully saturated rings. The van der Waals surface area contributed by atoms with Crippen molar-refractivity contribution < 1.29 is 4.79 Å². The average molecular weight is 319 g/mol. The van der Waals surface area contributed by atoms with E-state index in [0.717, 1.165) is 37.7 Å². The summed E-state index contributed by atoms with van der Waals surface area (Å²) in [5, 5.41) is 6.40. The minimum Gasteiger partial charge on any atom is -0.353 e. The van der Waals surface area contributed by atoms with Gasteiger partial charge in [-0.1, -0.05) is 30.3 Å². The molecule has 120 valence electrons. The number of thioether (sulfide) groups is 1. The quantitative estimate of drug-likeness (QED) is 0.833. The van der Waals surface area contributed by atoms with Crippen molar-refractivity contribution in [2.45, 2.75) is 31.3 Å². The largest absolute Gasteiger partial charge is 0.353 e. The molecule has 2 aliphatic heterocycles. The molecule has 2 saturated heterocycles. The molecule has 2 heterocycles. The van der Waals surface area contributed by atoms with Gasteiger partial charge < -0.3 is 5.32 Å². The van der Waals surface area contributed by atoms with E-state index in [0.29, 0.717) is 6.04 Å². The van der Waals surface area contributed by atoms with Crippen LogP contribution < -0.4 is 10.6 Å². The van der Waals surface area contributed by atoms with Crippen LogP contribution in [0.5, 0.6) is 0 Å². The SMILES string of the molecule is O=C(NCC(Cc1ccccc1)N1CCCC1)C1CSCN1. The molecule has 0 spiro atoms. The van der Waals surface area contributed by atoms with Crippen molar-refractivity contribution in [2.24, 2.45) is 0 Å². The standard InChI is InChI=1S/C17H25N3OS/c21-17(16-12-22-13-19-16)18-11-15(20-8-4-5-9-20)10-14-6-2-1-3-7-14/h1-3,6-7,15-16,19H,4-5,8-13H2,(H,18,21).